The van der Waals surface area contributed by atoms with Gasteiger partial charge in [-0.3, -0.25) is 9.89 Å². The second kappa shape index (κ2) is 5.98. The predicted octanol–water partition coefficient (Wildman–Crippen LogP) is 3.15. The van der Waals surface area contributed by atoms with E-state index in [1.165, 1.54) is 12.8 Å². The van der Waals surface area contributed by atoms with Gasteiger partial charge in [0.25, 0.3) is 5.91 Å². The molecule has 1 aromatic heterocycles. The van der Waals surface area contributed by atoms with Gasteiger partial charge in [0.1, 0.15) is 11.8 Å². The van der Waals surface area contributed by atoms with Crippen LogP contribution in [0.2, 0.25) is 5.02 Å². The number of amides is 1. The number of nitrogens with one attached hydrogen (secondary N) is 1. The Balaban J connectivity index is 1.47. The summed E-state index contributed by atoms with van der Waals surface area (Å²) in [4.78, 5) is 14.5. The van der Waals surface area contributed by atoms with Gasteiger partial charge in [-0.15, -0.1) is 0 Å². The van der Waals surface area contributed by atoms with Gasteiger partial charge in [0.15, 0.2) is 0 Å². The van der Waals surface area contributed by atoms with Gasteiger partial charge in [-0.1, -0.05) is 23.7 Å². The first-order valence-corrected chi connectivity index (χ1v) is 8.30. The molecular formula is C17H18ClN3O2. The number of carbonyl (C=O) groups excluding carboxylic acids is 1. The largest absolute Gasteiger partial charge is 0.370 e. The van der Waals surface area contributed by atoms with E-state index < -0.39 is 0 Å². The normalized spacial score (nSPS) is 21.4. The van der Waals surface area contributed by atoms with Crippen molar-refractivity contribution < 1.29 is 9.53 Å². The molecule has 1 atom stereocenters. The molecule has 1 saturated heterocycles. The predicted molar refractivity (Wildman–Crippen MR) is 86.6 cm³/mol. The summed E-state index contributed by atoms with van der Waals surface area (Å²) in [6, 6.07) is 9.47. The summed E-state index contributed by atoms with van der Waals surface area (Å²) in [6.45, 7) is 1.65. The van der Waals surface area contributed by atoms with Crippen molar-refractivity contribution >= 4 is 17.5 Å². The summed E-state index contributed by atoms with van der Waals surface area (Å²) in [7, 11) is 0. The van der Waals surface area contributed by atoms with E-state index in [4.69, 9.17) is 16.3 Å². The van der Waals surface area contributed by atoms with E-state index in [1.54, 1.807) is 0 Å². The summed E-state index contributed by atoms with van der Waals surface area (Å²) in [5.74, 6) is 0.533. The number of nitrogens with zero attached hydrogens (tertiary/aromatic N) is 2. The van der Waals surface area contributed by atoms with Crippen molar-refractivity contribution in [3.05, 3.63) is 52.3 Å². The van der Waals surface area contributed by atoms with Crippen LogP contribution in [0.15, 0.2) is 30.3 Å². The van der Waals surface area contributed by atoms with Crippen molar-refractivity contribution in [2.45, 2.75) is 24.9 Å². The van der Waals surface area contributed by atoms with Gasteiger partial charge >= 0.3 is 0 Å². The molecule has 1 aliphatic heterocycles. The fourth-order valence-corrected chi connectivity index (χ4v) is 3.05. The minimum atomic E-state index is -0.119. The van der Waals surface area contributed by atoms with Crippen LogP contribution in [-0.4, -0.2) is 40.7 Å². The fraction of sp³-hybridized carbons (Fsp3) is 0.412. The van der Waals surface area contributed by atoms with Crippen LogP contribution in [0, 0.1) is 0 Å². The Morgan fingerprint density at radius 2 is 2.09 bits per heavy atom. The molecule has 2 fully saturated rings. The molecule has 2 heterocycles. The topological polar surface area (TPSA) is 58.2 Å². The van der Waals surface area contributed by atoms with Gasteiger partial charge in [-0.05, 0) is 36.6 Å². The maximum absolute atomic E-state index is 12.7. The van der Waals surface area contributed by atoms with Crippen LogP contribution in [0.4, 0.5) is 0 Å². The average Bonchev–Trinajstić information content (AvgIpc) is 3.32. The summed E-state index contributed by atoms with van der Waals surface area (Å²) >= 11 is 5.93. The number of rotatable bonds is 3. The Morgan fingerprint density at radius 3 is 2.83 bits per heavy atom. The molecule has 0 spiro atoms. The molecule has 5 nitrogen and oxygen atoms in total. The first kappa shape index (κ1) is 14.7. The number of aromatic amines is 1. The molecule has 1 saturated carbocycles. The molecule has 1 aliphatic carbocycles. The smallest absolute Gasteiger partial charge is 0.274 e. The number of aromatic nitrogens is 2. The molecule has 2 aliphatic rings. The molecule has 0 bridgehead atoms. The van der Waals surface area contributed by atoms with Gasteiger partial charge in [0.05, 0.1) is 13.2 Å². The number of morpholine rings is 1. The van der Waals surface area contributed by atoms with E-state index in [-0.39, 0.29) is 12.0 Å². The van der Waals surface area contributed by atoms with Crippen molar-refractivity contribution in [2.24, 2.45) is 0 Å². The van der Waals surface area contributed by atoms with E-state index in [9.17, 15) is 4.79 Å². The summed E-state index contributed by atoms with van der Waals surface area (Å²) < 4.78 is 5.81. The Kier molecular flexibility index (Phi) is 3.83. The number of ether oxygens (including phenoxy) is 1. The first-order chi connectivity index (χ1) is 11.2. The van der Waals surface area contributed by atoms with Crippen LogP contribution in [0.5, 0.6) is 0 Å². The molecule has 4 rings (SSSR count). The Labute approximate surface area is 139 Å². The van der Waals surface area contributed by atoms with Gasteiger partial charge in [-0.25, -0.2) is 0 Å². The van der Waals surface area contributed by atoms with Crippen molar-refractivity contribution in [1.29, 1.82) is 0 Å². The van der Waals surface area contributed by atoms with E-state index in [1.807, 2.05) is 35.2 Å². The molecule has 1 aromatic carbocycles. The molecule has 120 valence electrons. The van der Waals surface area contributed by atoms with Gasteiger partial charge in [0, 0.05) is 23.2 Å². The van der Waals surface area contributed by atoms with Crippen molar-refractivity contribution in [1.82, 2.24) is 15.1 Å². The van der Waals surface area contributed by atoms with Gasteiger partial charge in [-0.2, -0.15) is 5.10 Å². The molecule has 1 amide bonds. The standard InChI is InChI=1S/C17H18ClN3O2/c18-13-5-3-12(4-6-13)16-10-21(7-8-23-16)17(22)15-9-14(19-20-15)11-1-2-11/h3-6,9,11,16H,1-2,7-8,10H2,(H,19,20)/t16-/m1/s1. The quantitative estimate of drug-likeness (QED) is 0.940. The fourth-order valence-electron chi connectivity index (χ4n) is 2.92. The molecule has 0 radical (unpaired) electrons. The molecule has 0 unspecified atom stereocenters. The Hall–Kier alpha value is -1.85. The second-order valence-electron chi connectivity index (χ2n) is 6.14. The Morgan fingerprint density at radius 1 is 1.30 bits per heavy atom. The molecule has 23 heavy (non-hydrogen) atoms. The maximum Gasteiger partial charge on any atom is 0.274 e. The lowest BCUT2D eigenvalue weighted by Crippen LogP contribution is -2.42. The highest BCUT2D eigenvalue weighted by Crippen LogP contribution is 2.39. The third-order valence-electron chi connectivity index (χ3n) is 4.43. The lowest BCUT2D eigenvalue weighted by atomic mass is 10.1. The number of benzene rings is 1. The number of H-pyrrole nitrogens is 1. The van der Waals surface area contributed by atoms with Crippen LogP contribution in [0.25, 0.3) is 0 Å². The van der Waals surface area contributed by atoms with Crippen LogP contribution in [-0.2, 0) is 4.74 Å². The number of hydrogen-bond donors (Lipinski definition) is 1. The van der Waals surface area contributed by atoms with E-state index in [0.29, 0.717) is 36.3 Å². The maximum atomic E-state index is 12.7. The van der Waals surface area contributed by atoms with Crippen molar-refractivity contribution in [3.8, 4) is 0 Å². The van der Waals surface area contributed by atoms with E-state index >= 15 is 0 Å². The minimum absolute atomic E-state index is 0.0320. The van der Waals surface area contributed by atoms with Gasteiger partial charge < -0.3 is 9.64 Å². The van der Waals surface area contributed by atoms with Crippen LogP contribution in [0.3, 0.4) is 0 Å². The van der Waals surface area contributed by atoms with Crippen molar-refractivity contribution in [2.75, 3.05) is 19.7 Å². The van der Waals surface area contributed by atoms with Crippen molar-refractivity contribution in [3.63, 3.8) is 0 Å². The third-order valence-corrected chi connectivity index (χ3v) is 4.68. The second-order valence-corrected chi connectivity index (χ2v) is 6.58. The van der Waals surface area contributed by atoms with Crippen LogP contribution < -0.4 is 0 Å². The molecule has 6 heteroatoms. The summed E-state index contributed by atoms with van der Waals surface area (Å²) in [5, 5.41) is 7.88. The minimum Gasteiger partial charge on any atom is -0.370 e. The zero-order valence-electron chi connectivity index (χ0n) is 12.7. The lowest BCUT2D eigenvalue weighted by molar-refractivity contribution is -0.0230. The molecular weight excluding hydrogens is 314 g/mol. The highest BCUT2D eigenvalue weighted by Gasteiger charge is 2.30. The zero-order chi connectivity index (χ0) is 15.8. The zero-order valence-corrected chi connectivity index (χ0v) is 13.4. The lowest BCUT2D eigenvalue weighted by Gasteiger charge is -2.32. The number of carbonyl (C=O) groups is 1. The first-order valence-electron chi connectivity index (χ1n) is 7.92. The average molecular weight is 332 g/mol. The van der Waals surface area contributed by atoms with E-state index in [2.05, 4.69) is 10.2 Å². The summed E-state index contributed by atoms with van der Waals surface area (Å²) in [6.07, 6.45) is 2.25. The van der Waals surface area contributed by atoms with E-state index in [0.717, 1.165) is 11.3 Å². The van der Waals surface area contributed by atoms with Crippen LogP contribution >= 0.6 is 11.6 Å². The van der Waals surface area contributed by atoms with Crippen LogP contribution in [0.1, 0.15) is 46.6 Å². The van der Waals surface area contributed by atoms with Gasteiger partial charge in [0.2, 0.25) is 0 Å². The molecule has 2 aromatic rings. The number of halogens is 1. The summed E-state index contributed by atoms with van der Waals surface area (Å²) in [5.41, 5.74) is 2.62. The number of hydrogen-bond acceptors (Lipinski definition) is 3. The SMILES string of the molecule is O=C(c1cc(C2CC2)[nH]n1)N1CCO[C@@H](c2ccc(Cl)cc2)C1. The third kappa shape index (κ3) is 3.12. The molecule has 1 N–H and O–H groups in total. The monoisotopic (exact) mass is 331 g/mol. The highest BCUT2D eigenvalue weighted by atomic mass is 35.5. The Bertz CT molecular complexity index is 709. The highest BCUT2D eigenvalue weighted by molar-refractivity contribution is 6.30.